The lowest BCUT2D eigenvalue weighted by molar-refractivity contribution is 0.306. The molecule has 0 amide bonds. The molecular weight excluding hydrogens is 204 g/mol. The smallest absolute Gasteiger partial charge is 0.177 e. The Hall–Kier alpha value is -1.71. The number of fused-ring (bicyclic) bond motifs is 1. The van der Waals surface area contributed by atoms with Crippen molar-refractivity contribution in [3.8, 4) is 5.75 Å². The average Bonchev–Trinajstić information content (AvgIpc) is 2.35. The molecule has 0 saturated carbocycles. The van der Waals surface area contributed by atoms with Crippen molar-refractivity contribution >= 4 is 5.84 Å². The van der Waals surface area contributed by atoms with Gasteiger partial charge in [0.15, 0.2) is 5.84 Å². The molecule has 1 aliphatic rings. The Labute approximate surface area is 94.7 Å². The highest BCUT2D eigenvalue weighted by molar-refractivity contribution is 5.81. The fraction of sp³-hybridized carbons (Fsp3) is 0.417. The van der Waals surface area contributed by atoms with Crippen molar-refractivity contribution in [2.45, 2.75) is 25.7 Å². The molecule has 0 aromatic heterocycles. The van der Waals surface area contributed by atoms with Gasteiger partial charge < -0.3 is 15.7 Å². The predicted molar refractivity (Wildman–Crippen MR) is 62.0 cm³/mol. The minimum Gasteiger partial charge on any atom is -0.486 e. The van der Waals surface area contributed by atoms with Crippen molar-refractivity contribution < 1.29 is 9.94 Å². The summed E-state index contributed by atoms with van der Waals surface area (Å²) in [6, 6.07) is 6.10. The van der Waals surface area contributed by atoms with E-state index in [-0.39, 0.29) is 12.4 Å². The SMILES string of the molecule is NC(COc1ccc2c(c1)CCCC2)=NO. The molecule has 2 rings (SSSR count). The summed E-state index contributed by atoms with van der Waals surface area (Å²) in [4.78, 5) is 0. The van der Waals surface area contributed by atoms with E-state index in [4.69, 9.17) is 15.7 Å². The van der Waals surface area contributed by atoms with Crippen molar-refractivity contribution in [2.75, 3.05) is 6.61 Å². The third kappa shape index (κ3) is 2.45. The average molecular weight is 220 g/mol. The highest BCUT2D eigenvalue weighted by Gasteiger charge is 2.09. The first-order valence-electron chi connectivity index (χ1n) is 5.50. The Bertz CT molecular complexity index is 402. The molecule has 0 saturated heterocycles. The number of rotatable bonds is 3. The van der Waals surface area contributed by atoms with E-state index in [0.29, 0.717) is 0 Å². The molecule has 0 atom stereocenters. The van der Waals surface area contributed by atoms with E-state index >= 15 is 0 Å². The highest BCUT2D eigenvalue weighted by atomic mass is 16.5. The summed E-state index contributed by atoms with van der Waals surface area (Å²) < 4.78 is 5.41. The monoisotopic (exact) mass is 220 g/mol. The lowest BCUT2D eigenvalue weighted by atomic mass is 9.92. The van der Waals surface area contributed by atoms with Crippen LogP contribution >= 0.6 is 0 Å². The zero-order valence-corrected chi connectivity index (χ0v) is 9.15. The van der Waals surface area contributed by atoms with Gasteiger partial charge in [0, 0.05) is 0 Å². The van der Waals surface area contributed by atoms with Crippen LogP contribution in [0.4, 0.5) is 0 Å². The van der Waals surface area contributed by atoms with E-state index in [1.54, 1.807) is 0 Å². The standard InChI is InChI=1S/C12H16N2O2/c13-12(14-15)8-16-11-6-5-9-3-1-2-4-10(9)7-11/h5-7,15H,1-4,8H2,(H2,13,14). The Kier molecular flexibility index (Phi) is 3.29. The first kappa shape index (κ1) is 10.8. The molecule has 4 heteroatoms. The van der Waals surface area contributed by atoms with Crippen molar-refractivity contribution in [3.05, 3.63) is 29.3 Å². The summed E-state index contributed by atoms with van der Waals surface area (Å²) in [5.74, 6) is 0.866. The molecule has 1 aromatic rings. The maximum absolute atomic E-state index is 8.39. The largest absolute Gasteiger partial charge is 0.486 e. The Balaban J connectivity index is 2.05. The fourth-order valence-electron chi connectivity index (χ4n) is 1.99. The van der Waals surface area contributed by atoms with Crippen molar-refractivity contribution in [1.82, 2.24) is 0 Å². The summed E-state index contributed by atoms with van der Waals surface area (Å²) in [6.07, 6.45) is 4.81. The summed E-state index contributed by atoms with van der Waals surface area (Å²) in [5.41, 5.74) is 8.12. The third-order valence-electron chi connectivity index (χ3n) is 2.84. The predicted octanol–water partition coefficient (Wildman–Crippen LogP) is 1.69. The summed E-state index contributed by atoms with van der Waals surface area (Å²) >= 11 is 0. The second-order valence-corrected chi connectivity index (χ2v) is 4.02. The van der Waals surface area contributed by atoms with Crippen LogP contribution in [0.1, 0.15) is 24.0 Å². The summed E-state index contributed by atoms with van der Waals surface area (Å²) in [7, 11) is 0. The number of amidine groups is 1. The van der Waals surface area contributed by atoms with Crippen LogP contribution in [0.15, 0.2) is 23.4 Å². The van der Waals surface area contributed by atoms with E-state index in [1.165, 1.54) is 24.0 Å². The van der Waals surface area contributed by atoms with Gasteiger partial charge in [-0.1, -0.05) is 11.2 Å². The minimum absolute atomic E-state index is 0.0812. The zero-order chi connectivity index (χ0) is 11.4. The van der Waals surface area contributed by atoms with E-state index in [2.05, 4.69) is 17.3 Å². The molecule has 1 aliphatic carbocycles. The molecule has 0 radical (unpaired) electrons. The number of aryl methyl sites for hydroxylation is 2. The molecule has 3 N–H and O–H groups in total. The summed E-state index contributed by atoms with van der Waals surface area (Å²) in [5, 5.41) is 11.2. The van der Waals surface area contributed by atoms with Gasteiger partial charge in [0.05, 0.1) is 0 Å². The second-order valence-electron chi connectivity index (χ2n) is 4.02. The number of oxime groups is 1. The van der Waals surface area contributed by atoms with E-state index in [9.17, 15) is 0 Å². The third-order valence-corrected chi connectivity index (χ3v) is 2.84. The molecule has 16 heavy (non-hydrogen) atoms. The highest BCUT2D eigenvalue weighted by Crippen LogP contribution is 2.25. The van der Waals surface area contributed by atoms with Crippen LogP contribution in [-0.2, 0) is 12.8 Å². The molecule has 0 heterocycles. The van der Waals surface area contributed by atoms with Gasteiger partial charge >= 0.3 is 0 Å². The fourth-order valence-corrected chi connectivity index (χ4v) is 1.99. The molecular formula is C12H16N2O2. The van der Waals surface area contributed by atoms with Gasteiger partial charge in [0.2, 0.25) is 0 Å². The molecule has 0 unspecified atom stereocenters. The van der Waals surface area contributed by atoms with Crippen LogP contribution in [0.5, 0.6) is 5.75 Å². The van der Waals surface area contributed by atoms with Gasteiger partial charge in [-0.2, -0.15) is 0 Å². The van der Waals surface area contributed by atoms with Crippen LogP contribution < -0.4 is 10.5 Å². The number of nitrogens with zero attached hydrogens (tertiary/aromatic N) is 1. The molecule has 86 valence electrons. The molecule has 0 fully saturated rings. The zero-order valence-electron chi connectivity index (χ0n) is 9.15. The Morgan fingerprint density at radius 3 is 2.81 bits per heavy atom. The molecule has 1 aromatic carbocycles. The van der Waals surface area contributed by atoms with Crippen LogP contribution in [0.25, 0.3) is 0 Å². The van der Waals surface area contributed by atoms with E-state index in [0.717, 1.165) is 18.6 Å². The van der Waals surface area contributed by atoms with Gasteiger partial charge in [-0.05, 0) is 48.9 Å². The Morgan fingerprint density at radius 1 is 1.31 bits per heavy atom. The number of ether oxygens (including phenoxy) is 1. The lowest BCUT2D eigenvalue weighted by Crippen LogP contribution is -2.20. The van der Waals surface area contributed by atoms with Crippen LogP contribution in [0.3, 0.4) is 0 Å². The first-order chi connectivity index (χ1) is 7.79. The van der Waals surface area contributed by atoms with E-state index < -0.39 is 0 Å². The molecule has 0 spiro atoms. The van der Waals surface area contributed by atoms with Crippen molar-refractivity contribution in [3.63, 3.8) is 0 Å². The number of hydrogen-bond donors (Lipinski definition) is 2. The molecule has 4 nitrogen and oxygen atoms in total. The number of hydrogen-bond acceptors (Lipinski definition) is 3. The quantitative estimate of drug-likeness (QED) is 0.352. The van der Waals surface area contributed by atoms with Gasteiger partial charge in [0.25, 0.3) is 0 Å². The Morgan fingerprint density at radius 2 is 2.06 bits per heavy atom. The van der Waals surface area contributed by atoms with Gasteiger partial charge in [0.1, 0.15) is 12.4 Å². The maximum atomic E-state index is 8.39. The number of nitrogens with two attached hydrogens (primary N) is 1. The van der Waals surface area contributed by atoms with Gasteiger partial charge in [-0.25, -0.2) is 0 Å². The van der Waals surface area contributed by atoms with E-state index in [1.807, 2.05) is 6.07 Å². The van der Waals surface area contributed by atoms with Gasteiger partial charge in [-0.15, -0.1) is 0 Å². The molecule has 0 bridgehead atoms. The lowest BCUT2D eigenvalue weighted by Gasteiger charge is -2.16. The van der Waals surface area contributed by atoms with Crippen LogP contribution in [-0.4, -0.2) is 17.6 Å². The van der Waals surface area contributed by atoms with Crippen molar-refractivity contribution in [1.29, 1.82) is 0 Å². The summed E-state index contributed by atoms with van der Waals surface area (Å²) in [6.45, 7) is 0.120. The van der Waals surface area contributed by atoms with Crippen molar-refractivity contribution in [2.24, 2.45) is 10.9 Å². The topological polar surface area (TPSA) is 67.8 Å². The minimum atomic E-state index is 0.0812. The van der Waals surface area contributed by atoms with Crippen LogP contribution in [0.2, 0.25) is 0 Å². The van der Waals surface area contributed by atoms with Crippen LogP contribution in [0, 0.1) is 0 Å². The van der Waals surface area contributed by atoms with Gasteiger partial charge in [-0.3, -0.25) is 0 Å². The molecule has 0 aliphatic heterocycles. The maximum Gasteiger partial charge on any atom is 0.177 e. The normalized spacial score (nSPS) is 15.6. The number of benzene rings is 1. The first-order valence-corrected chi connectivity index (χ1v) is 5.50. The second kappa shape index (κ2) is 4.88.